The van der Waals surface area contributed by atoms with Crippen LogP contribution in [0.25, 0.3) is 0 Å². The van der Waals surface area contributed by atoms with Crippen LogP contribution in [0.5, 0.6) is 0 Å². The van der Waals surface area contributed by atoms with Gasteiger partial charge in [-0.25, -0.2) is 0 Å². The average Bonchev–Trinajstić information content (AvgIpc) is 2.99. The van der Waals surface area contributed by atoms with Gasteiger partial charge < -0.3 is 14.0 Å². The Labute approximate surface area is 139 Å². The molecule has 2 aliphatic heterocycles. The third kappa shape index (κ3) is 3.92. The third-order valence-electron chi connectivity index (χ3n) is 4.89. The van der Waals surface area contributed by atoms with Crippen LogP contribution in [0.2, 0.25) is 0 Å². The Bertz CT molecular complexity index is 497. The minimum absolute atomic E-state index is 0.0271. The summed E-state index contributed by atoms with van der Waals surface area (Å²) >= 11 is 0. The minimum Gasteiger partial charge on any atom is -0.353 e. The molecular formula is C17H30N4O2. The van der Waals surface area contributed by atoms with Crippen LogP contribution in [0, 0.1) is 0 Å². The van der Waals surface area contributed by atoms with Crippen LogP contribution in [-0.4, -0.2) is 52.3 Å². The first-order valence-electron chi connectivity index (χ1n) is 9.07. The molecule has 0 aromatic carbocycles. The van der Waals surface area contributed by atoms with Crippen molar-refractivity contribution in [3.05, 3.63) is 11.6 Å². The summed E-state index contributed by atoms with van der Waals surface area (Å²) in [6.45, 7) is 11.3. The van der Waals surface area contributed by atoms with Crippen molar-refractivity contribution in [3.8, 4) is 0 Å². The van der Waals surface area contributed by atoms with E-state index in [0.717, 1.165) is 57.3 Å². The van der Waals surface area contributed by atoms with Crippen molar-refractivity contribution in [3.63, 3.8) is 0 Å². The van der Waals surface area contributed by atoms with Gasteiger partial charge in [0, 0.05) is 32.2 Å². The summed E-state index contributed by atoms with van der Waals surface area (Å²) in [4.78, 5) is 2.49. The molecule has 0 amide bonds. The monoisotopic (exact) mass is 322 g/mol. The highest BCUT2D eigenvalue weighted by atomic mass is 16.7. The number of fused-ring (bicyclic) bond motifs is 1. The van der Waals surface area contributed by atoms with Crippen molar-refractivity contribution in [2.75, 3.05) is 26.3 Å². The minimum atomic E-state index is 0.0271. The van der Waals surface area contributed by atoms with E-state index >= 15 is 0 Å². The van der Waals surface area contributed by atoms with Crippen molar-refractivity contribution >= 4 is 0 Å². The van der Waals surface area contributed by atoms with Crippen molar-refractivity contribution in [2.24, 2.45) is 0 Å². The molecule has 0 saturated carbocycles. The molecule has 130 valence electrons. The van der Waals surface area contributed by atoms with Gasteiger partial charge in [-0.05, 0) is 32.6 Å². The summed E-state index contributed by atoms with van der Waals surface area (Å²) in [7, 11) is 0. The molecule has 0 unspecified atom stereocenters. The summed E-state index contributed by atoms with van der Waals surface area (Å²) < 4.78 is 13.7. The van der Waals surface area contributed by atoms with Gasteiger partial charge in [0.2, 0.25) is 0 Å². The maximum Gasteiger partial charge on any atom is 0.157 e. The van der Waals surface area contributed by atoms with Crippen molar-refractivity contribution < 1.29 is 9.47 Å². The molecule has 0 N–H and O–H groups in total. The fraction of sp³-hybridized carbons (Fsp3) is 0.882. The number of aromatic nitrogens is 3. The standard InChI is InChI=1S/C17H30N4O2/c1-13(2)16-18-19-17-14(3)20(9-10-21(16)17)8-6-12-23-15-7-4-5-11-22-15/h13-15H,4-12H2,1-3H3/t14-,15+/m0/s1. The van der Waals surface area contributed by atoms with E-state index in [0.29, 0.717) is 12.0 Å². The first-order chi connectivity index (χ1) is 11.2. The molecule has 0 aliphatic carbocycles. The van der Waals surface area contributed by atoms with Crippen molar-refractivity contribution in [1.29, 1.82) is 0 Å². The van der Waals surface area contributed by atoms with E-state index in [9.17, 15) is 0 Å². The number of nitrogens with zero attached hydrogens (tertiary/aromatic N) is 4. The van der Waals surface area contributed by atoms with Gasteiger partial charge in [0.1, 0.15) is 11.6 Å². The molecule has 0 radical (unpaired) electrons. The van der Waals surface area contributed by atoms with E-state index in [4.69, 9.17) is 9.47 Å². The number of ether oxygens (including phenoxy) is 2. The zero-order chi connectivity index (χ0) is 16.2. The molecular weight excluding hydrogens is 292 g/mol. The Morgan fingerprint density at radius 1 is 1.26 bits per heavy atom. The van der Waals surface area contributed by atoms with Gasteiger partial charge in [0.15, 0.2) is 6.29 Å². The molecule has 1 fully saturated rings. The van der Waals surface area contributed by atoms with Gasteiger partial charge in [0.25, 0.3) is 0 Å². The molecule has 3 rings (SSSR count). The second-order valence-corrected chi connectivity index (χ2v) is 6.96. The molecule has 23 heavy (non-hydrogen) atoms. The Morgan fingerprint density at radius 2 is 2.13 bits per heavy atom. The van der Waals surface area contributed by atoms with E-state index in [1.54, 1.807) is 0 Å². The summed E-state index contributed by atoms with van der Waals surface area (Å²) in [6, 6.07) is 0.328. The van der Waals surface area contributed by atoms with Gasteiger partial charge in [-0.3, -0.25) is 4.90 Å². The van der Waals surface area contributed by atoms with E-state index in [1.165, 1.54) is 12.8 Å². The lowest BCUT2D eigenvalue weighted by Crippen LogP contribution is -2.38. The number of hydrogen-bond acceptors (Lipinski definition) is 5. The molecule has 6 nitrogen and oxygen atoms in total. The largest absolute Gasteiger partial charge is 0.353 e. The molecule has 0 spiro atoms. The Morgan fingerprint density at radius 3 is 2.87 bits per heavy atom. The highest BCUT2D eigenvalue weighted by Crippen LogP contribution is 2.26. The highest BCUT2D eigenvalue weighted by Gasteiger charge is 2.28. The molecule has 2 aliphatic rings. The van der Waals surface area contributed by atoms with Gasteiger partial charge in [-0.15, -0.1) is 10.2 Å². The fourth-order valence-corrected chi connectivity index (χ4v) is 3.51. The SMILES string of the molecule is CC(C)c1nnc2n1CCN(CCCO[C@@H]1CCCCO1)[C@H]2C. The van der Waals surface area contributed by atoms with Crippen molar-refractivity contribution in [1.82, 2.24) is 19.7 Å². The molecule has 1 saturated heterocycles. The Kier molecular flexibility index (Phi) is 5.67. The van der Waals surface area contributed by atoms with Crippen LogP contribution in [0.15, 0.2) is 0 Å². The number of rotatable bonds is 6. The van der Waals surface area contributed by atoms with Gasteiger partial charge in [-0.2, -0.15) is 0 Å². The second-order valence-electron chi connectivity index (χ2n) is 6.96. The fourth-order valence-electron chi connectivity index (χ4n) is 3.51. The number of hydrogen-bond donors (Lipinski definition) is 0. The normalized spacial score (nSPS) is 25.7. The van der Waals surface area contributed by atoms with E-state index in [1.807, 2.05) is 0 Å². The van der Waals surface area contributed by atoms with Crippen LogP contribution in [0.4, 0.5) is 0 Å². The topological polar surface area (TPSA) is 52.4 Å². The van der Waals surface area contributed by atoms with Gasteiger partial charge in [0.05, 0.1) is 12.6 Å². The quantitative estimate of drug-likeness (QED) is 0.754. The Balaban J connectivity index is 1.46. The first-order valence-corrected chi connectivity index (χ1v) is 9.07. The van der Waals surface area contributed by atoms with Crippen LogP contribution in [-0.2, 0) is 16.0 Å². The zero-order valence-electron chi connectivity index (χ0n) is 14.7. The summed E-state index contributed by atoms with van der Waals surface area (Å²) in [6.07, 6.45) is 4.50. The molecule has 1 aromatic rings. The highest BCUT2D eigenvalue weighted by molar-refractivity contribution is 5.06. The summed E-state index contributed by atoms with van der Waals surface area (Å²) in [5.74, 6) is 2.65. The molecule has 0 bridgehead atoms. The summed E-state index contributed by atoms with van der Waals surface area (Å²) in [5, 5.41) is 8.82. The van der Waals surface area contributed by atoms with Crippen LogP contribution < -0.4 is 0 Å². The molecule has 2 atom stereocenters. The summed E-state index contributed by atoms with van der Waals surface area (Å²) in [5.41, 5.74) is 0. The van der Waals surface area contributed by atoms with Crippen LogP contribution in [0.3, 0.4) is 0 Å². The lowest BCUT2D eigenvalue weighted by molar-refractivity contribution is -0.163. The smallest absolute Gasteiger partial charge is 0.157 e. The van der Waals surface area contributed by atoms with E-state index < -0.39 is 0 Å². The molecule has 1 aromatic heterocycles. The first kappa shape index (κ1) is 16.9. The van der Waals surface area contributed by atoms with Crippen LogP contribution >= 0.6 is 0 Å². The maximum absolute atomic E-state index is 5.83. The maximum atomic E-state index is 5.83. The van der Waals surface area contributed by atoms with E-state index in [-0.39, 0.29) is 6.29 Å². The molecule has 3 heterocycles. The van der Waals surface area contributed by atoms with Crippen molar-refractivity contribution in [2.45, 2.75) is 71.2 Å². The predicted molar refractivity (Wildman–Crippen MR) is 88.3 cm³/mol. The zero-order valence-corrected chi connectivity index (χ0v) is 14.7. The lowest BCUT2D eigenvalue weighted by atomic mass is 10.1. The lowest BCUT2D eigenvalue weighted by Gasteiger charge is -2.34. The second kappa shape index (κ2) is 7.73. The van der Waals surface area contributed by atoms with E-state index in [2.05, 4.69) is 40.4 Å². The van der Waals surface area contributed by atoms with Gasteiger partial charge >= 0.3 is 0 Å². The molecule has 6 heteroatoms. The average molecular weight is 322 g/mol. The Hall–Kier alpha value is -0.980. The third-order valence-corrected chi connectivity index (χ3v) is 4.89. The predicted octanol–water partition coefficient (Wildman–Crippen LogP) is 2.71. The van der Waals surface area contributed by atoms with Gasteiger partial charge in [-0.1, -0.05) is 13.8 Å². The van der Waals surface area contributed by atoms with Crippen LogP contribution in [0.1, 0.15) is 70.1 Å².